The van der Waals surface area contributed by atoms with Crippen LogP contribution in [0, 0.1) is 0 Å². The maximum Gasteiger partial charge on any atom is 0.130 e. The molecule has 0 spiro atoms. The molecule has 1 aromatic heterocycles. The van der Waals surface area contributed by atoms with Crippen molar-refractivity contribution in [3.63, 3.8) is 0 Å². The van der Waals surface area contributed by atoms with Crippen molar-refractivity contribution in [2.75, 3.05) is 5.32 Å². The Morgan fingerprint density at radius 1 is 0.938 bits per heavy atom. The van der Waals surface area contributed by atoms with E-state index in [9.17, 15) is 0 Å². The van der Waals surface area contributed by atoms with Crippen LogP contribution in [0.25, 0.3) is 0 Å². The SMILES string of the molecule is Clc1ccc(Nc2c(Cl)cccc2Cl)nc1. The molecular weight excluding hydrogens is 266 g/mol. The van der Waals surface area contributed by atoms with E-state index in [4.69, 9.17) is 34.8 Å². The minimum Gasteiger partial charge on any atom is -0.338 e. The molecule has 0 radical (unpaired) electrons. The Kier molecular flexibility index (Phi) is 3.54. The van der Waals surface area contributed by atoms with Gasteiger partial charge in [-0.05, 0) is 24.3 Å². The fourth-order valence-corrected chi connectivity index (χ4v) is 1.80. The lowest BCUT2D eigenvalue weighted by Crippen LogP contribution is -1.94. The van der Waals surface area contributed by atoms with Crippen LogP contribution >= 0.6 is 34.8 Å². The molecule has 82 valence electrons. The Balaban J connectivity index is 2.30. The molecule has 0 amide bonds. The van der Waals surface area contributed by atoms with Gasteiger partial charge in [0.05, 0.1) is 20.8 Å². The summed E-state index contributed by atoms with van der Waals surface area (Å²) in [5.41, 5.74) is 0.639. The second-order valence-corrected chi connectivity index (χ2v) is 4.33. The van der Waals surface area contributed by atoms with Gasteiger partial charge in [-0.3, -0.25) is 0 Å². The van der Waals surface area contributed by atoms with Crippen molar-refractivity contribution in [1.82, 2.24) is 4.98 Å². The Labute approximate surface area is 108 Å². The van der Waals surface area contributed by atoms with Gasteiger partial charge < -0.3 is 5.32 Å². The zero-order valence-electron chi connectivity index (χ0n) is 8.05. The zero-order chi connectivity index (χ0) is 11.5. The van der Waals surface area contributed by atoms with Gasteiger partial charge in [-0.15, -0.1) is 0 Å². The Morgan fingerprint density at radius 2 is 1.62 bits per heavy atom. The van der Waals surface area contributed by atoms with Crippen LogP contribution in [0.4, 0.5) is 11.5 Å². The van der Waals surface area contributed by atoms with E-state index in [1.807, 2.05) is 0 Å². The summed E-state index contributed by atoms with van der Waals surface area (Å²) in [6, 6.07) is 8.78. The number of halogens is 3. The summed E-state index contributed by atoms with van der Waals surface area (Å²) < 4.78 is 0. The van der Waals surface area contributed by atoms with E-state index < -0.39 is 0 Å². The third-order valence-corrected chi connectivity index (χ3v) is 2.80. The first kappa shape index (κ1) is 11.5. The molecule has 1 aromatic carbocycles. The molecule has 0 bridgehead atoms. The van der Waals surface area contributed by atoms with E-state index in [2.05, 4.69) is 10.3 Å². The molecule has 0 saturated heterocycles. The second-order valence-electron chi connectivity index (χ2n) is 3.08. The molecule has 0 atom stereocenters. The zero-order valence-corrected chi connectivity index (χ0v) is 10.3. The Hall–Kier alpha value is -0.960. The van der Waals surface area contributed by atoms with Crippen molar-refractivity contribution >= 4 is 46.3 Å². The standard InChI is InChI=1S/C11H7Cl3N2/c12-7-4-5-10(15-6-7)16-11-8(13)2-1-3-9(11)14/h1-6H,(H,15,16). The predicted octanol–water partition coefficient (Wildman–Crippen LogP) is 4.79. The van der Waals surface area contributed by atoms with Crippen LogP contribution in [-0.4, -0.2) is 4.98 Å². The molecule has 0 aliphatic heterocycles. The van der Waals surface area contributed by atoms with Gasteiger partial charge in [0.1, 0.15) is 5.82 Å². The number of para-hydroxylation sites is 1. The molecule has 5 heteroatoms. The van der Waals surface area contributed by atoms with E-state index in [-0.39, 0.29) is 0 Å². The summed E-state index contributed by atoms with van der Waals surface area (Å²) in [6.07, 6.45) is 1.55. The highest BCUT2D eigenvalue weighted by Gasteiger charge is 2.05. The van der Waals surface area contributed by atoms with Gasteiger partial charge in [0.15, 0.2) is 0 Å². The lowest BCUT2D eigenvalue weighted by Gasteiger charge is -2.09. The first-order valence-corrected chi connectivity index (χ1v) is 5.63. The summed E-state index contributed by atoms with van der Waals surface area (Å²) in [5.74, 6) is 0.638. The van der Waals surface area contributed by atoms with Gasteiger partial charge in [0.2, 0.25) is 0 Å². The minimum atomic E-state index is 0.546. The monoisotopic (exact) mass is 272 g/mol. The van der Waals surface area contributed by atoms with Crippen LogP contribution < -0.4 is 5.32 Å². The van der Waals surface area contributed by atoms with E-state index in [1.54, 1.807) is 36.5 Å². The summed E-state index contributed by atoms with van der Waals surface area (Å²) in [6.45, 7) is 0. The van der Waals surface area contributed by atoms with Crippen molar-refractivity contribution < 1.29 is 0 Å². The quantitative estimate of drug-likeness (QED) is 0.851. The number of anilines is 2. The average molecular weight is 274 g/mol. The predicted molar refractivity (Wildman–Crippen MR) is 69.0 cm³/mol. The average Bonchev–Trinajstić information content (AvgIpc) is 2.26. The van der Waals surface area contributed by atoms with E-state index in [0.717, 1.165) is 0 Å². The van der Waals surface area contributed by atoms with E-state index >= 15 is 0 Å². The van der Waals surface area contributed by atoms with Gasteiger partial charge >= 0.3 is 0 Å². The summed E-state index contributed by atoms with van der Waals surface area (Å²) in [4.78, 5) is 4.10. The lowest BCUT2D eigenvalue weighted by molar-refractivity contribution is 1.31. The van der Waals surface area contributed by atoms with Crippen LogP contribution in [0.1, 0.15) is 0 Å². The first-order chi connectivity index (χ1) is 7.66. The van der Waals surface area contributed by atoms with Crippen LogP contribution in [0.3, 0.4) is 0 Å². The fraction of sp³-hybridized carbons (Fsp3) is 0. The number of nitrogens with one attached hydrogen (secondary N) is 1. The number of benzene rings is 1. The molecule has 2 rings (SSSR count). The van der Waals surface area contributed by atoms with Crippen molar-refractivity contribution in [3.05, 3.63) is 51.6 Å². The van der Waals surface area contributed by atoms with E-state index in [0.29, 0.717) is 26.6 Å². The van der Waals surface area contributed by atoms with Gasteiger partial charge in [0.25, 0.3) is 0 Å². The number of hydrogen-bond donors (Lipinski definition) is 1. The molecule has 1 heterocycles. The number of rotatable bonds is 2. The van der Waals surface area contributed by atoms with Crippen LogP contribution in [-0.2, 0) is 0 Å². The molecule has 2 aromatic rings. The summed E-state index contributed by atoms with van der Waals surface area (Å²) >= 11 is 17.8. The highest BCUT2D eigenvalue weighted by atomic mass is 35.5. The summed E-state index contributed by atoms with van der Waals surface area (Å²) in [5, 5.41) is 4.70. The normalized spacial score (nSPS) is 10.2. The third kappa shape index (κ3) is 2.59. The first-order valence-electron chi connectivity index (χ1n) is 4.49. The van der Waals surface area contributed by atoms with Crippen molar-refractivity contribution in [3.8, 4) is 0 Å². The molecular formula is C11H7Cl3N2. The van der Waals surface area contributed by atoms with Crippen LogP contribution in [0.2, 0.25) is 15.1 Å². The highest BCUT2D eigenvalue weighted by Crippen LogP contribution is 2.31. The maximum atomic E-state index is 6.01. The highest BCUT2D eigenvalue weighted by molar-refractivity contribution is 6.39. The topological polar surface area (TPSA) is 24.9 Å². The van der Waals surface area contributed by atoms with Gasteiger partial charge in [-0.1, -0.05) is 40.9 Å². The maximum absolute atomic E-state index is 6.01. The van der Waals surface area contributed by atoms with Crippen LogP contribution in [0.15, 0.2) is 36.5 Å². The molecule has 0 aliphatic rings. The van der Waals surface area contributed by atoms with Gasteiger partial charge in [-0.2, -0.15) is 0 Å². The molecule has 16 heavy (non-hydrogen) atoms. The second kappa shape index (κ2) is 4.91. The molecule has 2 nitrogen and oxygen atoms in total. The molecule has 0 aliphatic carbocycles. The van der Waals surface area contributed by atoms with Crippen LogP contribution in [0.5, 0.6) is 0 Å². The van der Waals surface area contributed by atoms with Crippen molar-refractivity contribution in [2.24, 2.45) is 0 Å². The smallest absolute Gasteiger partial charge is 0.130 e. The summed E-state index contributed by atoms with van der Waals surface area (Å²) in [7, 11) is 0. The molecule has 1 N–H and O–H groups in total. The molecule has 0 saturated carbocycles. The lowest BCUT2D eigenvalue weighted by atomic mass is 10.3. The number of aromatic nitrogens is 1. The fourth-order valence-electron chi connectivity index (χ4n) is 1.20. The van der Waals surface area contributed by atoms with Crippen molar-refractivity contribution in [1.29, 1.82) is 0 Å². The molecule has 0 fully saturated rings. The minimum absolute atomic E-state index is 0.546. The number of pyridine rings is 1. The Morgan fingerprint density at radius 3 is 2.19 bits per heavy atom. The molecule has 0 unspecified atom stereocenters. The number of nitrogens with zero attached hydrogens (tertiary/aromatic N) is 1. The van der Waals surface area contributed by atoms with E-state index in [1.165, 1.54) is 0 Å². The Bertz CT molecular complexity index is 477. The van der Waals surface area contributed by atoms with Gasteiger partial charge in [0, 0.05) is 6.20 Å². The van der Waals surface area contributed by atoms with Gasteiger partial charge in [-0.25, -0.2) is 4.98 Å². The number of hydrogen-bond acceptors (Lipinski definition) is 2. The third-order valence-electron chi connectivity index (χ3n) is 1.94. The van der Waals surface area contributed by atoms with Crippen molar-refractivity contribution in [2.45, 2.75) is 0 Å². The largest absolute Gasteiger partial charge is 0.338 e.